The third-order valence-corrected chi connectivity index (χ3v) is 7.34. The van der Waals surface area contributed by atoms with Crippen molar-refractivity contribution in [3.8, 4) is 0 Å². The fourth-order valence-electron chi connectivity index (χ4n) is 5.53. The molecule has 0 radical (unpaired) electrons. The largest absolute Gasteiger partial charge is 0.386 e. The van der Waals surface area contributed by atoms with Gasteiger partial charge in [0.05, 0.1) is 11.2 Å². The summed E-state index contributed by atoms with van der Waals surface area (Å²) in [5, 5.41) is 27.1. The molecule has 0 aromatic carbocycles. The fraction of sp³-hybridized carbons (Fsp3) is 0.900. The summed E-state index contributed by atoms with van der Waals surface area (Å²) in [7, 11) is 0. The molecule has 6 saturated heterocycles. The molecule has 0 aromatic heterocycles. The smallest absolute Gasteiger partial charge is 0.246 e. The van der Waals surface area contributed by atoms with Gasteiger partial charge in [-0.3, -0.25) is 9.59 Å². The lowest BCUT2D eigenvalue weighted by molar-refractivity contribution is -0.138. The standard InChI is InChI=1S/C20H34N4O5/c25-17(21-11-19(27)13-23-5-1-15(19)2-6-23)9-29-10-18(26)22-12-20(28)14-24-7-3-16(20)4-8-24/h15-16,27-28H,1-14H2,(H,21,25)(H,22,26). The van der Waals surface area contributed by atoms with Gasteiger partial charge in [0.1, 0.15) is 13.2 Å². The van der Waals surface area contributed by atoms with Crippen molar-refractivity contribution in [2.45, 2.75) is 36.9 Å². The number of rotatable bonds is 8. The molecule has 0 saturated carbocycles. The van der Waals surface area contributed by atoms with Gasteiger partial charge in [-0.05, 0) is 63.7 Å². The van der Waals surface area contributed by atoms with E-state index in [9.17, 15) is 19.8 Å². The van der Waals surface area contributed by atoms with E-state index in [1.165, 1.54) is 0 Å². The Morgan fingerprint density at radius 1 is 0.793 bits per heavy atom. The van der Waals surface area contributed by atoms with Crippen LogP contribution in [0.5, 0.6) is 0 Å². The van der Waals surface area contributed by atoms with Crippen molar-refractivity contribution in [3.63, 3.8) is 0 Å². The zero-order chi connectivity index (χ0) is 20.5. The Bertz CT molecular complexity index is 566. The van der Waals surface area contributed by atoms with Crippen molar-refractivity contribution in [1.82, 2.24) is 20.4 Å². The van der Waals surface area contributed by atoms with Crippen molar-refractivity contribution in [2.75, 3.05) is 65.6 Å². The third kappa shape index (κ3) is 4.74. The number of piperidine rings is 6. The number of carbonyl (C=O) groups is 2. The van der Waals surface area contributed by atoms with Crippen LogP contribution in [0.4, 0.5) is 0 Å². The average molecular weight is 411 g/mol. The van der Waals surface area contributed by atoms with Crippen LogP contribution in [0, 0.1) is 11.8 Å². The SMILES string of the molecule is O=C(COCC(=O)NCC1(O)CN2CCC1CC2)NCC1(O)CN2CCC1CC2. The molecule has 0 aliphatic carbocycles. The van der Waals surface area contributed by atoms with Gasteiger partial charge in [-0.15, -0.1) is 0 Å². The number of amides is 2. The lowest BCUT2D eigenvalue weighted by Gasteiger charge is -2.50. The molecule has 9 nitrogen and oxygen atoms in total. The van der Waals surface area contributed by atoms with E-state index in [0.29, 0.717) is 13.1 Å². The quantitative estimate of drug-likeness (QED) is 0.371. The van der Waals surface area contributed by atoms with E-state index in [2.05, 4.69) is 20.4 Å². The molecule has 0 aromatic rings. The van der Waals surface area contributed by atoms with Crippen LogP contribution in [0.2, 0.25) is 0 Å². The number of hydrogen-bond acceptors (Lipinski definition) is 7. The molecule has 29 heavy (non-hydrogen) atoms. The number of aliphatic hydroxyl groups is 2. The van der Waals surface area contributed by atoms with Crippen molar-refractivity contribution >= 4 is 11.8 Å². The van der Waals surface area contributed by atoms with Gasteiger partial charge in [0, 0.05) is 26.2 Å². The molecule has 6 rings (SSSR count). The van der Waals surface area contributed by atoms with E-state index in [1.54, 1.807) is 0 Å². The number of hydrogen-bond donors (Lipinski definition) is 4. The Balaban J connectivity index is 1.11. The summed E-state index contributed by atoms with van der Waals surface area (Å²) in [5.74, 6) is -0.203. The molecule has 2 unspecified atom stereocenters. The van der Waals surface area contributed by atoms with Crippen LogP contribution in [0.25, 0.3) is 0 Å². The van der Waals surface area contributed by atoms with Crippen molar-refractivity contribution in [1.29, 1.82) is 0 Å². The summed E-state index contributed by atoms with van der Waals surface area (Å²) in [6.07, 6.45) is 3.87. The summed E-state index contributed by atoms with van der Waals surface area (Å²) < 4.78 is 5.22. The highest BCUT2D eigenvalue weighted by molar-refractivity contribution is 5.79. The highest BCUT2D eigenvalue weighted by atomic mass is 16.5. The Hall–Kier alpha value is -1.26. The van der Waals surface area contributed by atoms with Gasteiger partial charge in [0.2, 0.25) is 11.8 Å². The van der Waals surface area contributed by atoms with Crippen LogP contribution in [0.15, 0.2) is 0 Å². The number of ether oxygens (including phenoxy) is 1. The molecule has 6 fully saturated rings. The predicted molar refractivity (Wildman–Crippen MR) is 105 cm³/mol. The van der Waals surface area contributed by atoms with Crippen LogP contribution in [0.3, 0.4) is 0 Å². The minimum Gasteiger partial charge on any atom is -0.386 e. The van der Waals surface area contributed by atoms with E-state index >= 15 is 0 Å². The molecular formula is C20H34N4O5. The molecule has 9 heteroatoms. The second-order valence-electron chi connectivity index (χ2n) is 9.35. The van der Waals surface area contributed by atoms with Crippen LogP contribution < -0.4 is 10.6 Å². The molecule has 6 aliphatic rings. The molecule has 6 aliphatic heterocycles. The monoisotopic (exact) mass is 410 g/mol. The zero-order valence-corrected chi connectivity index (χ0v) is 17.1. The van der Waals surface area contributed by atoms with Crippen LogP contribution in [-0.2, 0) is 14.3 Å². The highest BCUT2D eigenvalue weighted by Crippen LogP contribution is 2.36. The van der Waals surface area contributed by atoms with Crippen LogP contribution in [-0.4, -0.2) is 109 Å². The number of fused-ring (bicyclic) bond motifs is 6. The maximum atomic E-state index is 12.0. The van der Waals surface area contributed by atoms with Gasteiger partial charge in [-0.2, -0.15) is 0 Å². The molecule has 2 amide bonds. The molecule has 164 valence electrons. The first-order valence-electron chi connectivity index (χ1n) is 10.9. The van der Waals surface area contributed by atoms with Crippen LogP contribution in [0.1, 0.15) is 25.7 Å². The second kappa shape index (κ2) is 8.47. The molecule has 2 atom stereocenters. The maximum Gasteiger partial charge on any atom is 0.246 e. The Labute approximate surface area is 171 Å². The molecule has 4 bridgehead atoms. The van der Waals surface area contributed by atoms with Gasteiger partial charge in [-0.25, -0.2) is 0 Å². The normalized spacial score (nSPS) is 40.6. The van der Waals surface area contributed by atoms with E-state index in [-0.39, 0.29) is 50.0 Å². The number of nitrogens with zero attached hydrogens (tertiary/aromatic N) is 2. The van der Waals surface area contributed by atoms with Crippen LogP contribution >= 0.6 is 0 Å². The van der Waals surface area contributed by atoms with Gasteiger partial charge < -0.3 is 35.4 Å². The predicted octanol–water partition coefficient (Wildman–Crippen LogP) is -1.85. The van der Waals surface area contributed by atoms with E-state index in [1.807, 2.05) is 0 Å². The molecular weight excluding hydrogens is 376 g/mol. The Kier molecular flexibility index (Phi) is 6.13. The molecule has 0 spiro atoms. The fourth-order valence-corrected chi connectivity index (χ4v) is 5.53. The summed E-state index contributed by atoms with van der Waals surface area (Å²) in [6, 6.07) is 0. The van der Waals surface area contributed by atoms with E-state index in [0.717, 1.165) is 51.9 Å². The summed E-state index contributed by atoms with van der Waals surface area (Å²) in [4.78, 5) is 28.5. The van der Waals surface area contributed by atoms with Crippen molar-refractivity contribution in [2.24, 2.45) is 11.8 Å². The zero-order valence-electron chi connectivity index (χ0n) is 17.1. The second-order valence-corrected chi connectivity index (χ2v) is 9.35. The van der Waals surface area contributed by atoms with Crippen molar-refractivity contribution < 1.29 is 24.5 Å². The minimum atomic E-state index is -0.867. The van der Waals surface area contributed by atoms with Gasteiger partial charge >= 0.3 is 0 Å². The summed E-state index contributed by atoms with van der Waals surface area (Å²) in [6.45, 7) is 5.27. The lowest BCUT2D eigenvalue weighted by Crippen LogP contribution is -2.63. The highest BCUT2D eigenvalue weighted by Gasteiger charge is 2.46. The average Bonchev–Trinajstić information content (AvgIpc) is 2.72. The first-order chi connectivity index (χ1) is 13.9. The van der Waals surface area contributed by atoms with Gasteiger partial charge in [0.15, 0.2) is 0 Å². The van der Waals surface area contributed by atoms with Gasteiger partial charge in [0.25, 0.3) is 0 Å². The topological polar surface area (TPSA) is 114 Å². The summed E-state index contributed by atoms with van der Waals surface area (Å²) >= 11 is 0. The van der Waals surface area contributed by atoms with Gasteiger partial charge in [-0.1, -0.05) is 0 Å². The number of carbonyl (C=O) groups excluding carboxylic acids is 2. The summed E-state index contributed by atoms with van der Waals surface area (Å²) in [5.41, 5.74) is -1.73. The molecule has 4 N–H and O–H groups in total. The maximum absolute atomic E-state index is 12.0. The van der Waals surface area contributed by atoms with Crippen molar-refractivity contribution in [3.05, 3.63) is 0 Å². The Morgan fingerprint density at radius 2 is 1.17 bits per heavy atom. The minimum absolute atomic E-state index is 0.216. The first-order valence-corrected chi connectivity index (χ1v) is 10.9. The third-order valence-electron chi connectivity index (χ3n) is 7.34. The molecule has 6 heterocycles. The first kappa shape index (κ1) is 21.0. The lowest BCUT2D eigenvalue weighted by atomic mass is 9.75. The Morgan fingerprint density at radius 3 is 1.48 bits per heavy atom. The van der Waals surface area contributed by atoms with E-state index in [4.69, 9.17) is 4.74 Å². The number of nitrogens with one attached hydrogen (secondary N) is 2. The van der Waals surface area contributed by atoms with E-state index < -0.39 is 11.2 Å².